The zero-order chi connectivity index (χ0) is 45.7. The van der Waals surface area contributed by atoms with Gasteiger partial charge in [0.1, 0.15) is 0 Å². The summed E-state index contributed by atoms with van der Waals surface area (Å²) in [5.41, 5.74) is 16.2. The third-order valence-corrected chi connectivity index (χ3v) is 16.7. The molecular weight excluding hydrogens is 866 g/mol. The average molecular weight is 933 g/mol. The number of hydrogen-bond acceptors (Lipinski definition) is 2. The molecule has 2 saturated carbocycles. The fraction of sp³-hybridized carbons (Fsp3) is 0.233. The third kappa shape index (κ3) is 12.6. The summed E-state index contributed by atoms with van der Waals surface area (Å²) in [6, 6.07) is 50.4. The summed E-state index contributed by atoms with van der Waals surface area (Å²) in [6.07, 6.45) is 13.8. The number of hydrogen-bond donors (Lipinski definition) is 0. The number of nitrogens with zero attached hydrogens (tertiary/aromatic N) is 2. The van der Waals surface area contributed by atoms with Gasteiger partial charge in [-0.2, -0.15) is 0 Å². The van der Waals surface area contributed by atoms with E-state index in [0.29, 0.717) is 0 Å². The van der Waals surface area contributed by atoms with Crippen molar-refractivity contribution in [3.8, 4) is 0 Å². The number of aryl methyl sites for hydroxylation is 8. The van der Waals surface area contributed by atoms with Crippen LogP contribution in [-0.4, -0.2) is 38.0 Å². The van der Waals surface area contributed by atoms with Crippen molar-refractivity contribution in [1.82, 2.24) is 9.80 Å². The molecule has 6 aromatic carbocycles. The van der Waals surface area contributed by atoms with Crippen molar-refractivity contribution in [2.24, 2.45) is 0 Å². The summed E-state index contributed by atoms with van der Waals surface area (Å²) in [4.78, 5) is 4.68. The summed E-state index contributed by atoms with van der Waals surface area (Å²) in [7, 11) is 7.40. The van der Waals surface area contributed by atoms with Crippen molar-refractivity contribution in [3.05, 3.63) is 251 Å². The molecule has 0 heterocycles. The van der Waals surface area contributed by atoms with E-state index in [9.17, 15) is 0 Å². The van der Waals surface area contributed by atoms with Crippen LogP contribution in [0.25, 0.3) is 0 Å². The molecule has 2 aliphatic carbocycles. The second-order valence-corrected chi connectivity index (χ2v) is 22.7. The van der Waals surface area contributed by atoms with Crippen LogP contribution in [0.15, 0.2) is 133 Å². The minimum atomic E-state index is -0.669. The SMILES string of the molecule is Cc1cc(C)cc(P([C]2[CH][CH][CH][C]2C(c2ccccc2)N(C)C)c2cc(C)cc(C)c2)c1.Cc1cc(C)cc(P([C]2[CH][CH][CH][C]2C(c2ccccc2)N(C)C)c2cc(C)cc(C)c2)c1.[Fe]. The fourth-order valence-corrected chi connectivity index (χ4v) is 15.4. The van der Waals surface area contributed by atoms with Crippen LogP contribution in [0.4, 0.5) is 0 Å². The Kier molecular flexibility index (Phi) is 18.1. The maximum atomic E-state index is 2.39. The summed E-state index contributed by atoms with van der Waals surface area (Å²) in [5, 5.41) is 5.72. The van der Waals surface area contributed by atoms with Gasteiger partial charge in [-0.25, -0.2) is 0 Å². The molecule has 0 saturated heterocycles. The van der Waals surface area contributed by atoms with E-state index in [0.717, 1.165) is 0 Å². The standard InChI is InChI=1S/2C30H33NP.Fe/c2*1-21-15-22(2)18-26(17-21)32(27-19-23(3)16-24(4)20-27)29-14-10-13-28(29)30(31(5)6)25-11-8-7-9-12-25;/h2*7-20,30H,1-6H3;. The van der Waals surface area contributed by atoms with Crippen molar-refractivity contribution in [2.45, 2.75) is 67.5 Å². The molecule has 0 amide bonds. The third-order valence-electron chi connectivity index (χ3n) is 11.8. The van der Waals surface area contributed by atoms with Crippen LogP contribution in [0.5, 0.6) is 0 Å². The molecule has 10 radical (unpaired) electrons. The van der Waals surface area contributed by atoms with Crippen LogP contribution in [0.2, 0.25) is 0 Å². The summed E-state index contributed by atoms with van der Waals surface area (Å²) in [5.74, 6) is 2.82. The van der Waals surface area contributed by atoms with E-state index in [1.807, 2.05) is 0 Å². The molecule has 0 aliphatic heterocycles. The van der Waals surface area contributed by atoms with E-state index in [4.69, 9.17) is 0 Å². The first kappa shape index (κ1) is 51.0. The zero-order valence-electron chi connectivity index (χ0n) is 40.5. The zero-order valence-corrected chi connectivity index (χ0v) is 43.4. The first-order chi connectivity index (χ1) is 30.7. The molecule has 6 aromatic rings. The molecule has 0 spiro atoms. The Morgan fingerprint density at radius 1 is 0.338 bits per heavy atom. The second kappa shape index (κ2) is 23.1. The van der Waals surface area contributed by atoms with Crippen LogP contribution < -0.4 is 21.2 Å². The van der Waals surface area contributed by atoms with Crippen molar-refractivity contribution in [1.29, 1.82) is 0 Å². The summed E-state index contributed by atoms with van der Waals surface area (Å²) in [6.45, 7) is 17.7. The van der Waals surface area contributed by atoms with Crippen LogP contribution in [0.3, 0.4) is 0 Å². The van der Waals surface area contributed by atoms with E-state index in [1.54, 1.807) is 0 Å². The Labute approximate surface area is 408 Å². The Hall–Kier alpha value is -3.38. The van der Waals surface area contributed by atoms with E-state index >= 15 is 0 Å². The predicted octanol–water partition coefficient (Wildman–Crippen LogP) is 12.8. The molecule has 5 heteroatoms. The van der Waals surface area contributed by atoms with Gasteiger partial charge in [0.05, 0.1) is 0 Å². The molecule has 65 heavy (non-hydrogen) atoms. The van der Waals surface area contributed by atoms with Crippen LogP contribution in [0.1, 0.15) is 67.7 Å². The van der Waals surface area contributed by atoms with E-state index in [2.05, 4.69) is 265 Å². The fourth-order valence-electron chi connectivity index (χ4n) is 9.67. The quantitative estimate of drug-likeness (QED) is 0.0891. The molecular formula is C60H66FeN2P2. The maximum absolute atomic E-state index is 2.39. The van der Waals surface area contributed by atoms with Crippen LogP contribution in [0, 0.1) is 117 Å². The van der Waals surface area contributed by atoms with Gasteiger partial charge in [0, 0.05) is 52.3 Å². The van der Waals surface area contributed by atoms with Crippen LogP contribution >= 0.6 is 15.8 Å². The van der Waals surface area contributed by atoms with Crippen molar-refractivity contribution in [2.75, 3.05) is 28.2 Å². The molecule has 8 rings (SSSR count). The molecule has 2 fully saturated rings. The van der Waals surface area contributed by atoms with Gasteiger partial charge in [-0.3, -0.25) is 0 Å². The van der Waals surface area contributed by atoms with Gasteiger partial charge in [0.2, 0.25) is 0 Å². The molecule has 0 aromatic heterocycles. The summed E-state index contributed by atoms with van der Waals surface area (Å²) < 4.78 is 0. The molecule has 2 atom stereocenters. The maximum Gasteiger partial charge on any atom is 0.0417 e. The molecule has 2 unspecified atom stereocenters. The largest absolute Gasteiger partial charge is 0.302 e. The Morgan fingerprint density at radius 2 is 0.585 bits per heavy atom. The molecule has 0 N–H and O–H groups in total. The predicted molar refractivity (Wildman–Crippen MR) is 281 cm³/mol. The van der Waals surface area contributed by atoms with Gasteiger partial charge in [0.15, 0.2) is 0 Å². The van der Waals surface area contributed by atoms with Gasteiger partial charge in [-0.05, 0) is 170 Å². The van der Waals surface area contributed by atoms with E-state index < -0.39 is 15.8 Å². The Balaban J connectivity index is 0.000000212. The Morgan fingerprint density at radius 3 is 0.815 bits per heavy atom. The average Bonchev–Trinajstić information content (AvgIpc) is 3.88. The van der Waals surface area contributed by atoms with Crippen molar-refractivity contribution in [3.63, 3.8) is 0 Å². The van der Waals surface area contributed by atoms with Crippen LogP contribution in [-0.2, 0) is 17.1 Å². The van der Waals surface area contributed by atoms with Gasteiger partial charge in [-0.1, -0.05) is 178 Å². The Bertz CT molecular complexity index is 2110. The minimum absolute atomic E-state index is 0. The minimum Gasteiger partial charge on any atom is -0.302 e. The normalized spacial score (nSPS) is 16.0. The molecule has 2 aliphatic rings. The molecule has 334 valence electrons. The van der Waals surface area contributed by atoms with Gasteiger partial charge in [0.25, 0.3) is 0 Å². The number of benzene rings is 6. The topological polar surface area (TPSA) is 6.48 Å². The number of rotatable bonds is 12. The van der Waals surface area contributed by atoms with Gasteiger partial charge >= 0.3 is 0 Å². The van der Waals surface area contributed by atoms with Gasteiger partial charge < -0.3 is 9.80 Å². The van der Waals surface area contributed by atoms with E-state index in [-0.39, 0.29) is 29.2 Å². The van der Waals surface area contributed by atoms with Crippen molar-refractivity contribution < 1.29 is 17.1 Å². The first-order valence-corrected chi connectivity index (χ1v) is 25.2. The monoisotopic (exact) mass is 932 g/mol. The second-order valence-electron chi connectivity index (χ2n) is 18.3. The summed E-state index contributed by atoms with van der Waals surface area (Å²) >= 11 is 0. The first-order valence-electron chi connectivity index (χ1n) is 22.5. The smallest absolute Gasteiger partial charge is 0.0417 e. The molecule has 0 bridgehead atoms. The van der Waals surface area contributed by atoms with Crippen molar-refractivity contribution >= 4 is 37.1 Å². The molecule has 2 nitrogen and oxygen atoms in total. The van der Waals surface area contributed by atoms with E-state index in [1.165, 1.54) is 100 Å². The van der Waals surface area contributed by atoms with Gasteiger partial charge in [-0.15, -0.1) is 0 Å².